The van der Waals surface area contributed by atoms with E-state index in [1.807, 2.05) is 13.8 Å². The van der Waals surface area contributed by atoms with Crippen LogP contribution in [-0.2, 0) is 9.09 Å². The second kappa shape index (κ2) is 5.38. The van der Waals surface area contributed by atoms with Gasteiger partial charge in [-0.2, -0.15) is 0 Å². The van der Waals surface area contributed by atoms with Crippen molar-refractivity contribution in [1.82, 2.24) is 0 Å². The van der Waals surface area contributed by atoms with Gasteiger partial charge in [-0.3, -0.25) is 9.09 Å². The number of hydrogen-bond acceptors (Lipinski definition) is 2. The van der Waals surface area contributed by atoms with E-state index in [0.717, 1.165) is 5.82 Å². The van der Waals surface area contributed by atoms with Crippen molar-refractivity contribution in [3.05, 3.63) is 25.1 Å². The molecule has 0 aliphatic carbocycles. The number of hydrogen-bond donors (Lipinski definition) is 1. The Morgan fingerprint density at radius 3 is 2.38 bits per heavy atom. The van der Waals surface area contributed by atoms with Crippen molar-refractivity contribution in [2.24, 2.45) is 5.92 Å². The summed E-state index contributed by atoms with van der Waals surface area (Å²) in [4.78, 5) is 9.11. The van der Waals surface area contributed by atoms with Gasteiger partial charge in [-0.25, -0.2) is 0 Å². The fourth-order valence-corrected chi connectivity index (χ4v) is 1.53. The smallest absolute Gasteiger partial charge is 0.321 e. The van der Waals surface area contributed by atoms with E-state index >= 15 is 0 Å². The van der Waals surface area contributed by atoms with E-state index in [9.17, 15) is 4.57 Å². The van der Waals surface area contributed by atoms with Crippen LogP contribution in [0.1, 0.15) is 20.3 Å². The molecule has 0 spiro atoms. The molecule has 2 unspecified atom stereocenters. The highest BCUT2D eigenvalue weighted by molar-refractivity contribution is 7.56. The van der Waals surface area contributed by atoms with Crippen molar-refractivity contribution in [3.8, 4) is 0 Å². The molecule has 0 aromatic heterocycles. The largest absolute Gasteiger partial charge is 0.351 e. The van der Waals surface area contributed by atoms with Gasteiger partial charge in [0.15, 0.2) is 0 Å². The molecule has 0 saturated carbocycles. The molecule has 0 rings (SSSR count). The van der Waals surface area contributed by atoms with Crippen molar-refractivity contribution >= 4 is 7.60 Å². The van der Waals surface area contributed by atoms with Gasteiger partial charge in [-0.15, -0.1) is 6.58 Å². The minimum absolute atomic E-state index is 0.381. The summed E-state index contributed by atoms with van der Waals surface area (Å²) in [6.45, 7) is 10.8. The van der Waals surface area contributed by atoms with Gasteiger partial charge in [0.2, 0.25) is 0 Å². The molecule has 0 fully saturated rings. The lowest BCUT2D eigenvalue weighted by Gasteiger charge is -2.17. The molecule has 0 saturated heterocycles. The van der Waals surface area contributed by atoms with E-state index < -0.39 is 7.60 Å². The van der Waals surface area contributed by atoms with Crippen molar-refractivity contribution in [2.45, 2.75) is 26.4 Å². The minimum atomic E-state index is -3.61. The lowest BCUT2D eigenvalue weighted by Crippen LogP contribution is -2.10. The maximum Gasteiger partial charge on any atom is 0.351 e. The third-order valence-corrected chi connectivity index (χ3v) is 2.52. The Hall–Kier alpha value is -0.370. The quantitative estimate of drug-likeness (QED) is 0.534. The highest BCUT2D eigenvalue weighted by Crippen LogP contribution is 2.45. The first-order valence-corrected chi connectivity index (χ1v) is 5.83. The molecule has 76 valence electrons. The summed E-state index contributed by atoms with van der Waals surface area (Å²) in [5.74, 6) is 1.33. The second-order valence-corrected chi connectivity index (χ2v) is 4.96. The second-order valence-electron chi connectivity index (χ2n) is 3.26. The van der Waals surface area contributed by atoms with Gasteiger partial charge >= 0.3 is 7.60 Å². The average molecular weight is 204 g/mol. The third-order valence-electron chi connectivity index (χ3n) is 1.48. The van der Waals surface area contributed by atoms with Crippen LogP contribution in [0.5, 0.6) is 0 Å². The van der Waals surface area contributed by atoms with Crippen molar-refractivity contribution < 1.29 is 14.0 Å². The Balaban J connectivity index is 4.20. The van der Waals surface area contributed by atoms with Crippen LogP contribution in [0.15, 0.2) is 25.1 Å². The van der Waals surface area contributed by atoms with Gasteiger partial charge in [0.05, 0.1) is 6.10 Å². The predicted molar refractivity (Wildman–Crippen MR) is 54.5 cm³/mol. The molecule has 13 heavy (non-hydrogen) atoms. The summed E-state index contributed by atoms with van der Waals surface area (Å²) in [5.41, 5.74) is 0. The zero-order valence-electron chi connectivity index (χ0n) is 8.14. The van der Waals surface area contributed by atoms with E-state index in [4.69, 9.17) is 9.42 Å². The Morgan fingerprint density at radius 1 is 1.54 bits per heavy atom. The molecule has 0 aromatic carbocycles. The number of rotatable bonds is 6. The molecular formula is C9H17O3P. The molecule has 2 atom stereocenters. The van der Waals surface area contributed by atoms with Crippen molar-refractivity contribution in [3.63, 3.8) is 0 Å². The summed E-state index contributed by atoms with van der Waals surface area (Å²) in [5, 5.41) is 0. The van der Waals surface area contributed by atoms with Gasteiger partial charge in [0, 0.05) is 5.82 Å². The van der Waals surface area contributed by atoms with Crippen molar-refractivity contribution in [2.75, 3.05) is 0 Å². The van der Waals surface area contributed by atoms with Gasteiger partial charge in [0.1, 0.15) is 0 Å². The Bertz CT molecular complexity index is 223. The molecule has 0 heterocycles. The molecule has 3 nitrogen and oxygen atoms in total. The predicted octanol–water partition coefficient (Wildman–Crippen LogP) is 2.93. The minimum Gasteiger partial charge on any atom is -0.321 e. The van der Waals surface area contributed by atoms with Gasteiger partial charge in [-0.1, -0.05) is 26.5 Å². The first kappa shape index (κ1) is 12.6. The summed E-state index contributed by atoms with van der Waals surface area (Å²) >= 11 is 0. The van der Waals surface area contributed by atoms with E-state index in [2.05, 4.69) is 13.2 Å². The van der Waals surface area contributed by atoms with Crippen LogP contribution in [0.2, 0.25) is 0 Å². The molecule has 0 bridgehead atoms. The average Bonchev–Trinajstić information content (AvgIpc) is 2.02. The Labute approximate surface area is 79.7 Å². The van der Waals surface area contributed by atoms with Crippen LogP contribution in [0.25, 0.3) is 0 Å². The molecule has 0 amide bonds. The molecule has 0 aromatic rings. The van der Waals surface area contributed by atoms with E-state index in [-0.39, 0.29) is 6.10 Å². The highest BCUT2D eigenvalue weighted by atomic mass is 31.2. The van der Waals surface area contributed by atoms with Crippen LogP contribution in [0, 0.1) is 5.92 Å². The zero-order valence-corrected chi connectivity index (χ0v) is 9.04. The lowest BCUT2D eigenvalue weighted by molar-refractivity contribution is 0.195. The Morgan fingerprint density at radius 2 is 2.08 bits per heavy atom. The fourth-order valence-electron chi connectivity index (χ4n) is 0.884. The van der Waals surface area contributed by atoms with Crippen LogP contribution in [-0.4, -0.2) is 11.0 Å². The molecule has 0 aliphatic heterocycles. The van der Waals surface area contributed by atoms with E-state index in [1.165, 1.54) is 6.08 Å². The lowest BCUT2D eigenvalue weighted by atomic mass is 10.1. The van der Waals surface area contributed by atoms with Gasteiger partial charge in [0.25, 0.3) is 0 Å². The first-order valence-electron chi connectivity index (χ1n) is 4.18. The van der Waals surface area contributed by atoms with Gasteiger partial charge < -0.3 is 4.89 Å². The monoisotopic (exact) mass is 204 g/mol. The Kier molecular flexibility index (Phi) is 5.23. The normalized spacial score (nSPS) is 17.8. The van der Waals surface area contributed by atoms with Crippen LogP contribution >= 0.6 is 7.60 Å². The van der Waals surface area contributed by atoms with Crippen molar-refractivity contribution in [1.29, 1.82) is 0 Å². The third kappa shape index (κ3) is 5.81. The molecule has 0 aliphatic rings. The van der Waals surface area contributed by atoms with Crippen LogP contribution < -0.4 is 0 Å². The maximum absolute atomic E-state index is 11.1. The van der Waals surface area contributed by atoms with E-state index in [1.54, 1.807) is 0 Å². The molecule has 0 radical (unpaired) electrons. The topological polar surface area (TPSA) is 46.5 Å². The standard InChI is InChI=1S/C9H17O3P/c1-5-9(7-8(3)4)12-13(10,11)6-2/h5-6,8-9H,1-2,7H2,3-4H3,(H,10,11). The summed E-state index contributed by atoms with van der Waals surface area (Å²) in [7, 11) is -3.61. The zero-order chi connectivity index (χ0) is 10.5. The summed E-state index contributed by atoms with van der Waals surface area (Å²) in [6, 6.07) is 0. The summed E-state index contributed by atoms with van der Waals surface area (Å²) in [6.07, 6.45) is 1.84. The van der Waals surface area contributed by atoms with E-state index in [0.29, 0.717) is 12.3 Å². The SMILES string of the molecule is C=CC(CC(C)C)OP(=O)(O)C=C. The maximum atomic E-state index is 11.1. The molecule has 1 N–H and O–H groups in total. The fraction of sp³-hybridized carbons (Fsp3) is 0.556. The summed E-state index contributed by atoms with van der Waals surface area (Å²) < 4.78 is 16.0. The van der Waals surface area contributed by atoms with Crippen LogP contribution in [0.3, 0.4) is 0 Å². The van der Waals surface area contributed by atoms with Crippen LogP contribution in [0.4, 0.5) is 0 Å². The molecule has 4 heteroatoms. The molecular weight excluding hydrogens is 187 g/mol. The first-order chi connectivity index (χ1) is 5.91. The highest BCUT2D eigenvalue weighted by Gasteiger charge is 2.19. The van der Waals surface area contributed by atoms with Gasteiger partial charge in [-0.05, 0) is 12.3 Å².